The Bertz CT molecular complexity index is 498. The Morgan fingerprint density at radius 1 is 1.31 bits per heavy atom. The highest BCUT2D eigenvalue weighted by Gasteiger charge is 2.16. The molecule has 0 aliphatic rings. The van der Waals surface area contributed by atoms with Crippen molar-refractivity contribution in [2.45, 2.75) is 6.92 Å². The van der Waals surface area contributed by atoms with Gasteiger partial charge in [-0.2, -0.15) is 0 Å². The Balaban J connectivity index is 2.44. The highest BCUT2D eigenvalue weighted by Crippen LogP contribution is 2.23. The van der Waals surface area contributed by atoms with E-state index >= 15 is 0 Å². The maximum atomic E-state index is 12.0. The summed E-state index contributed by atoms with van der Waals surface area (Å²) < 4.78 is 10.3. The average Bonchev–Trinajstić information content (AvgIpc) is 2.81. The van der Waals surface area contributed by atoms with Gasteiger partial charge in [-0.25, -0.2) is 0 Å². The zero-order valence-electron chi connectivity index (χ0n) is 9.19. The Labute approximate surface area is 93.7 Å². The number of ether oxygens (including phenoxy) is 1. The molecule has 0 N–H and O–H groups in total. The van der Waals surface area contributed by atoms with E-state index in [0.717, 1.165) is 5.56 Å². The summed E-state index contributed by atoms with van der Waals surface area (Å²) in [5.41, 5.74) is 1.57. The Morgan fingerprint density at radius 3 is 2.75 bits per heavy atom. The minimum atomic E-state index is -0.165. The molecule has 0 aliphatic carbocycles. The van der Waals surface area contributed by atoms with Gasteiger partial charge in [0.25, 0.3) is 0 Å². The molecule has 3 heteroatoms. The van der Waals surface area contributed by atoms with Crippen molar-refractivity contribution in [3.05, 3.63) is 53.5 Å². The lowest BCUT2D eigenvalue weighted by Gasteiger charge is -2.06. The molecule has 16 heavy (non-hydrogen) atoms. The van der Waals surface area contributed by atoms with Crippen LogP contribution >= 0.6 is 0 Å². The van der Waals surface area contributed by atoms with Crippen molar-refractivity contribution in [2.75, 3.05) is 7.11 Å². The van der Waals surface area contributed by atoms with Crippen LogP contribution in [0.5, 0.6) is 5.75 Å². The van der Waals surface area contributed by atoms with Crippen LogP contribution in [0.4, 0.5) is 0 Å². The van der Waals surface area contributed by atoms with Crippen molar-refractivity contribution in [1.82, 2.24) is 0 Å². The van der Waals surface area contributed by atoms with Gasteiger partial charge in [-0.1, -0.05) is 6.07 Å². The fraction of sp³-hybridized carbons (Fsp3) is 0.154. The molecule has 0 fully saturated rings. The zero-order valence-corrected chi connectivity index (χ0v) is 9.19. The van der Waals surface area contributed by atoms with Crippen LogP contribution in [0.1, 0.15) is 21.7 Å². The van der Waals surface area contributed by atoms with Crippen LogP contribution in [0.25, 0.3) is 0 Å². The van der Waals surface area contributed by atoms with Crippen LogP contribution in [0.15, 0.2) is 41.0 Å². The lowest BCUT2D eigenvalue weighted by Crippen LogP contribution is -2.02. The molecule has 0 spiro atoms. The lowest BCUT2D eigenvalue weighted by molar-refractivity contribution is 0.101. The third kappa shape index (κ3) is 1.84. The molecular formula is C13H12O3. The molecule has 82 valence electrons. The minimum absolute atomic E-state index is 0.165. The van der Waals surface area contributed by atoms with E-state index in [2.05, 4.69) is 0 Å². The summed E-state index contributed by atoms with van der Waals surface area (Å²) in [4.78, 5) is 12.0. The Kier molecular flexibility index (Phi) is 2.77. The van der Waals surface area contributed by atoms with Crippen LogP contribution in [0.3, 0.4) is 0 Å². The van der Waals surface area contributed by atoms with Crippen LogP contribution < -0.4 is 4.74 Å². The number of benzene rings is 1. The van der Waals surface area contributed by atoms with E-state index in [9.17, 15) is 4.79 Å². The molecule has 3 nitrogen and oxygen atoms in total. The predicted molar refractivity (Wildman–Crippen MR) is 59.9 cm³/mol. The first kappa shape index (κ1) is 10.5. The Hall–Kier alpha value is -2.03. The number of rotatable bonds is 3. The van der Waals surface area contributed by atoms with E-state index in [1.165, 1.54) is 6.26 Å². The van der Waals surface area contributed by atoms with Gasteiger partial charge < -0.3 is 9.15 Å². The van der Waals surface area contributed by atoms with E-state index < -0.39 is 0 Å². The summed E-state index contributed by atoms with van der Waals surface area (Å²) in [7, 11) is 1.55. The molecule has 0 amide bonds. The van der Waals surface area contributed by atoms with Gasteiger partial charge in [-0.05, 0) is 36.8 Å². The van der Waals surface area contributed by atoms with Crippen LogP contribution in [-0.2, 0) is 0 Å². The van der Waals surface area contributed by atoms with Gasteiger partial charge in [0, 0.05) is 0 Å². The van der Waals surface area contributed by atoms with E-state index in [-0.39, 0.29) is 5.78 Å². The lowest BCUT2D eigenvalue weighted by atomic mass is 10.1. The standard InChI is InChI=1S/C13H12O3/c1-9-5-6-10(12(8-9)15-2)13(14)11-4-3-7-16-11/h3-8H,1-2H3. The van der Waals surface area contributed by atoms with Gasteiger partial charge in [0.1, 0.15) is 5.75 Å². The normalized spacial score (nSPS) is 10.1. The van der Waals surface area contributed by atoms with Crippen LogP contribution in [0.2, 0.25) is 0 Å². The first-order valence-corrected chi connectivity index (χ1v) is 4.95. The number of aryl methyl sites for hydroxylation is 1. The number of furan rings is 1. The number of carbonyl (C=O) groups is 1. The fourth-order valence-electron chi connectivity index (χ4n) is 1.53. The first-order chi connectivity index (χ1) is 7.72. The summed E-state index contributed by atoms with van der Waals surface area (Å²) in [5.74, 6) is 0.727. The van der Waals surface area contributed by atoms with Crippen molar-refractivity contribution >= 4 is 5.78 Å². The second-order valence-corrected chi connectivity index (χ2v) is 3.51. The fourth-order valence-corrected chi connectivity index (χ4v) is 1.53. The highest BCUT2D eigenvalue weighted by atomic mass is 16.5. The largest absolute Gasteiger partial charge is 0.496 e. The van der Waals surface area contributed by atoms with E-state index in [0.29, 0.717) is 17.1 Å². The third-order valence-electron chi connectivity index (χ3n) is 2.35. The molecule has 0 aliphatic heterocycles. The molecule has 1 aromatic heterocycles. The number of hydrogen-bond acceptors (Lipinski definition) is 3. The molecule has 2 rings (SSSR count). The summed E-state index contributed by atoms with van der Waals surface area (Å²) in [6.07, 6.45) is 1.48. The van der Waals surface area contributed by atoms with E-state index in [4.69, 9.17) is 9.15 Å². The molecular weight excluding hydrogens is 204 g/mol. The molecule has 0 saturated carbocycles. The average molecular weight is 216 g/mol. The Morgan fingerprint density at radius 2 is 2.12 bits per heavy atom. The second kappa shape index (κ2) is 4.23. The molecule has 2 aromatic rings. The second-order valence-electron chi connectivity index (χ2n) is 3.51. The van der Waals surface area contributed by atoms with Gasteiger partial charge in [-0.15, -0.1) is 0 Å². The summed E-state index contributed by atoms with van der Waals surface area (Å²) in [6.45, 7) is 1.95. The van der Waals surface area contributed by atoms with Gasteiger partial charge in [0.15, 0.2) is 5.76 Å². The maximum Gasteiger partial charge on any atom is 0.231 e. The monoisotopic (exact) mass is 216 g/mol. The topological polar surface area (TPSA) is 39.4 Å². The maximum absolute atomic E-state index is 12.0. The predicted octanol–water partition coefficient (Wildman–Crippen LogP) is 2.83. The smallest absolute Gasteiger partial charge is 0.231 e. The molecule has 0 bridgehead atoms. The highest BCUT2D eigenvalue weighted by molar-refractivity contribution is 6.08. The van der Waals surface area contributed by atoms with Crippen molar-refractivity contribution in [3.63, 3.8) is 0 Å². The van der Waals surface area contributed by atoms with Gasteiger partial charge in [-0.3, -0.25) is 4.79 Å². The number of carbonyl (C=O) groups excluding carboxylic acids is 1. The first-order valence-electron chi connectivity index (χ1n) is 4.95. The zero-order chi connectivity index (χ0) is 11.5. The van der Waals surface area contributed by atoms with Gasteiger partial charge in [0.05, 0.1) is 18.9 Å². The summed E-state index contributed by atoms with van der Waals surface area (Å²) in [6, 6.07) is 8.78. The molecule has 0 unspecified atom stereocenters. The molecule has 0 saturated heterocycles. The van der Waals surface area contributed by atoms with Crippen LogP contribution in [0, 0.1) is 6.92 Å². The molecule has 1 heterocycles. The van der Waals surface area contributed by atoms with Gasteiger partial charge >= 0.3 is 0 Å². The molecule has 0 atom stereocenters. The van der Waals surface area contributed by atoms with Gasteiger partial charge in [0.2, 0.25) is 5.78 Å². The number of hydrogen-bond donors (Lipinski definition) is 0. The van der Waals surface area contributed by atoms with Crippen molar-refractivity contribution in [2.24, 2.45) is 0 Å². The number of ketones is 1. The number of methoxy groups -OCH3 is 1. The molecule has 1 aromatic carbocycles. The quantitative estimate of drug-likeness (QED) is 0.740. The van der Waals surface area contributed by atoms with Crippen LogP contribution in [-0.4, -0.2) is 12.9 Å². The van der Waals surface area contributed by atoms with E-state index in [1.54, 1.807) is 25.3 Å². The SMILES string of the molecule is COc1cc(C)ccc1C(=O)c1ccco1. The third-order valence-corrected chi connectivity index (χ3v) is 2.35. The summed E-state index contributed by atoms with van der Waals surface area (Å²) in [5, 5.41) is 0. The minimum Gasteiger partial charge on any atom is -0.496 e. The summed E-state index contributed by atoms with van der Waals surface area (Å²) >= 11 is 0. The van der Waals surface area contributed by atoms with Crippen molar-refractivity contribution in [1.29, 1.82) is 0 Å². The molecule has 0 radical (unpaired) electrons. The van der Waals surface area contributed by atoms with E-state index in [1.807, 2.05) is 19.1 Å². The van der Waals surface area contributed by atoms with Crippen molar-refractivity contribution in [3.8, 4) is 5.75 Å². The van der Waals surface area contributed by atoms with Crippen molar-refractivity contribution < 1.29 is 13.9 Å².